The molecule has 0 bridgehead atoms. The van der Waals surface area contributed by atoms with Gasteiger partial charge in [-0.3, -0.25) is 0 Å². The van der Waals surface area contributed by atoms with E-state index in [1.807, 2.05) is 0 Å². The molecule has 0 unspecified atom stereocenters. The van der Waals surface area contributed by atoms with E-state index in [-0.39, 0.29) is 11.1 Å². The van der Waals surface area contributed by atoms with Crippen LogP contribution in [0.3, 0.4) is 0 Å². The highest BCUT2D eigenvalue weighted by molar-refractivity contribution is 6.28. The van der Waals surface area contributed by atoms with Crippen molar-refractivity contribution in [2.45, 2.75) is 38.8 Å². The molecule has 16 heavy (non-hydrogen) atoms. The van der Waals surface area contributed by atoms with Crippen molar-refractivity contribution < 1.29 is 9.50 Å². The molecule has 1 heterocycles. The Labute approximate surface area is 98.9 Å². The van der Waals surface area contributed by atoms with Gasteiger partial charge in [0, 0.05) is 0 Å². The molecule has 0 aliphatic carbocycles. The van der Waals surface area contributed by atoms with Crippen molar-refractivity contribution in [2.75, 3.05) is 5.32 Å². The smallest absolute Gasteiger partial charge is 0.224 e. The van der Waals surface area contributed by atoms with Crippen LogP contribution >= 0.6 is 11.6 Å². The van der Waals surface area contributed by atoms with E-state index in [2.05, 4.69) is 15.3 Å². The fourth-order valence-corrected chi connectivity index (χ4v) is 1.02. The van der Waals surface area contributed by atoms with E-state index in [9.17, 15) is 9.50 Å². The number of nitrogens with zero attached hydrogens (tertiary/aromatic N) is 2. The van der Waals surface area contributed by atoms with Crippen molar-refractivity contribution in [1.82, 2.24) is 9.97 Å². The Bertz CT molecular complexity index is 390. The highest BCUT2D eigenvalue weighted by Gasteiger charge is 2.35. The van der Waals surface area contributed by atoms with Gasteiger partial charge in [-0.1, -0.05) is 0 Å². The van der Waals surface area contributed by atoms with Gasteiger partial charge in [-0.15, -0.1) is 0 Å². The average molecular weight is 248 g/mol. The van der Waals surface area contributed by atoms with Crippen LogP contribution in [0.25, 0.3) is 0 Å². The van der Waals surface area contributed by atoms with E-state index in [4.69, 9.17) is 11.6 Å². The van der Waals surface area contributed by atoms with Gasteiger partial charge in [-0.25, -0.2) is 9.37 Å². The van der Waals surface area contributed by atoms with Crippen molar-refractivity contribution in [3.8, 4) is 0 Å². The summed E-state index contributed by atoms with van der Waals surface area (Å²) in [7, 11) is 0. The summed E-state index contributed by atoms with van der Waals surface area (Å²) < 4.78 is 13.4. The topological polar surface area (TPSA) is 58.0 Å². The number of aromatic nitrogens is 2. The molecule has 0 amide bonds. The highest BCUT2D eigenvalue weighted by atomic mass is 35.5. The van der Waals surface area contributed by atoms with Crippen LogP contribution in [0, 0.1) is 5.82 Å². The van der Waals surface area contributed by atoms with Gasteiger partial charge in [0.05, 0.1) is 17.3 Å². The van der Waals surface area contributed by atoms with Gasteiger partial charge in [-0.05, 0) is 39.3 Å². The largest absolute Gasteiger partial charge is 0.388 e. The molecule has 1 rings (SSSR count). The molecule has 2 N–H and O–H groups in total. The summed E-state index contributed by atoms with van der Waals surface area (Å²) in [5.41, 5.74) is -1.80. The second kappa shape index (κ2) is 4.14. The first-order valence-electron chi connectivity index (χ1n) is 4.82. The minimum atomic E-state index is -1.04. The lowest BCUT2D eigenvalue weighted by Crippen LogP contribution is -2.51. The van der Waals surface area contributed by atoms with Crippen molar-refractivity contribution in [3.05, 3.63) is 17.3 Å². The van der Waals surface area contributed by atoms with Gasteiger partial charge in [0.15, 0.2) is 11.6 Å². The Kier molecular flexibility index (Phi) is 3.40. The van der Waals surface area contributed by atoms with Crippen LogP contribution in [0.2, 0.25) is 5.28 Å². The van der Waals surface area contributed by atoms with E-state index < -0.39 is 17.0 Å². The number of hydrogen-bond donors (Lipinski definition) is 2. The number of nitrogens with one attached hydrogen (secondary N) is 1. The van der Waals surface area contributed by atoms with Crippen LogP contribution in [0.4, 0.5) is 10.2 Å². The quantitative estimate of drug-likeness (QED) is 0.805. The molecule has 0 radical (unpaired) electrons. The van der Waals surface area contributed by atoms with Crippen LogP contribution in [0.1, 0.15) is 27.7 Å². The van der Waals surface area contributed by atoms with E-state index >= 15 is 0 Å². The molecule has 0 atom stereocenters. The van der Waals surface area contributed by atoms with Crippen molar-refractivity contribution in [1.29, 1.82) is 0 Å². The maximum Gasteiger partial charge on any atom is 0.224 e. The van der Waals surface area contributed by atoms with E-state index in [0.29, 0.717) is 0 Å². The molecule has 4 nitrogen and oxygen atoms in total. The summed E-state index contributed by atoms with van der Waals surface area (Å²) in [5.74, 6) is -0.631. The maximum absolute atomic E-state index is 13.4. The monoisotopic (exact) mass is 247 g/mol. The maximum atomic E-state index is 13.4. The molecule has 1 aromatic heterocycles. The molecule has 0 aliphatic heterocycles. The first-order valence-corrected chi connectivity index (χ1v) is 5.20. The zero-order chi connectivity index (χ0) is 12.6. The fraction of sp³-hybridized carbons (Fsp3) is 0.600. The molecular formula is C10H15ClFN3O. The molecule has 0 saturated carbocycles. The number of anilines is 1. The van der Waals surface area contributed by atoms with Gasteiger partial charge in [0.1, 0.15) is 0 Å². The van der Waals surface area contributed by atoms with Crippen molar-refractivity contribution in [3.63, 3.8) is 0 Å². The van der Waals surface area contributed by atoms with Crippen LogP contribution in [-0.4, -0.2) is 26.2 Å². The fourth-order valence-electron chi connectivity index (χ4n) is 0.882. The summed E-state index contributed by atoms with van der Waals surface area (Å²) in [6, 6.07) is 0. The lowest BCUT2D eigenvalue weighted by molar-refractivity contribution is 0.0237. The Morgan fingerprint density at radius 2 is 1.94 bits per heavy atom. The normalized spacial score (nSPS) is 12.7. The predicted octanol–water partition coefficient (Wildman–Crippen LogP) is 2.23. The second-order valence-electron chi connectivity index (χ2n) is 4.64. The van der Waals surface area contributed by atoms with Gasteiger partial charge in [0.25, 0.3) is 0 Å². The van der Waals surface area contributed by atoms with Crippen molar-refractivity contribution >= 4 is 17.4 Å². The van der Waals surface area contributed by atoms with Crippen LogP contribution in [0.5, 0.6) is 0 Å². The Morgan fingerprint density at radius 3 is 2.44 bits per heavy atom. The van der Waals surface area contributed by atoms with Crippen LogP contribution in [-0.2, 0) is 0 Å². The zero-order valence-corrected chi connectivity index (χ0v) is 10.4. The predicted molar refractivity (Wildman–Crippen MR) is 61.0 cm³/mol. The molecule has 90 valence electrons. The van der Waals surface area contributed by atoms with Crippen LogP contribution in [0.15, 0.2) is 6.20 Å². The van der Waals surface area contributed by atoms with E-state index in [1.165, 1.54) is 0 Å². The van der Waals surface area contributed by atoms with E-state index in [0.717, 1.165) is 6.20 Å². The van der Waals surface area contributed by atoms with Gasteiger partial charge >= 0.3 is 0 Å². The third kappa shape index (κ3) is 2.80. The SMILES string of the molecule is CC(C)(O)C(C)(C)Nc1nc(Cl)ncc1F. The summed E-state index contributed by atoms with van der Waals surface area (Å²) in [5, 5.41) is 12.7. The third-order valence-corrected chi connectivity index (χ3v) is 2.86. The number of hydrogen-bond acceptors (Lipinski definition) is 4. The Hall–Kier alpha value is -0.940. The van der Waals surface area contributed by atoms with E-state index in [1.54, 1.807) is 27.7 Å². The van der Waals surface area contributed by atoms with Gasteiger partial charge in [-0.2, -0.15) is 4.98 Å². The third-order valence-electron chi connectivity index (χ3n) is 2.68. The lowest BCUT2D eigenvalue weighted by Gasteiger charge is -2.38. The van der Waals surface area contributed by atoms with Gasteiger partial charge in [0.2, 0.25) is 5.28 Å². The molecule has 0 fully saturated rings. The minimum absolute atomic E-state index is 0.0212. The number of rotatable bonds is 3. The lowest BCUT2D eigenvalue weighted by atomic mass is 9.86. The van der Waals surface area contributed by atoms with Crippen LogP contribution < -0.4 is 5.32 Å². The summed E-state index contributed by atoms with van der Waals surface area (Å²) in [6.45, 7) is 6.73. The molecule has 0 aromatic carbocycles. The first kappa shape index (κ1) is 13.1. The molecule has 0 aliphatic rings. The van der Waals surface area contributed by atoms with Crippen molar-refractivity contribution in [2.24, 2.45) is 0 Å². The summed E-state index contributed by atoms with van der Waals surface area (Å²) >= 11 is 5.57. The number of halogens is 2. The number of aliphatic hydroxyl groups is 1. The minimum Gasteiger partial charge on any atom is -0.388 e. The molecule has 6 heteroatoms. The van der Waals surface area contributed by atoms with Gasteiger partial charge < -0.3 is 10.4 Å². The first-order chi connectivity index (χ1) is 7.13. The Balaban J connectivity index is 3.01. The second-order valence-corrected chi connectivity index (χ2v) is 4.98. The standard InChI is InChI=1S/C10H15ClFN3O/c1-9(2,10(3,4)16)15-7-6(12)5-13-8(11)14-7/h5,16H,1-4H3,(H,13,14,15). The highest BCUT2D eigenvalue weighted by Crippen LogP contribution is 2.26. The molecule has 1 aromatic rings. The molecular weight excluding hydrogens is 233 g/mol. The molecule has 0 spiro atoms. The molecule has 0 saturated heterocycles. The average Bonchev–Trinajstić information content (AvgIpc) is 2.09. The summed E-state index contributed by atoms with van der Waals surface area (Å²) in [4.78, 5) is 7.24. The zero-order valence-electron chi connectivity index (χ0n) is 9.67. The Morgan fingerprint density at radius 1 is 1.38 bits per heavy atom. The summed E-state index contributed by atoms with van der Waals surface area (Å²) in [6.07, 6.45) is 0.984.